The molecule has 12 nitrogen and oxygen atoms in total. The summed E-state index contributed by atoms with van der Waals surface area (Å²) in [4.78, 5) is 48.3. The second-order valence-corrected chi connectivity index (χ2v) is 8.09. The number of furan rings is 1. The van der Waals surface area contributed by atoms with Crippen LogP contribution >= 0.6 is 0 Å². The number of rotatable bonds is 6. The molecule has 0 bridgehead atoms. The van der Waals surface area contributed by atoms with Crippen molar-refractivity contribution in [2.75, 3.05) is 7.11 Å². The summed E-state index contributed by atoms with van der Waals surface area (Å²) < 4.78 is 11.0. The number of nitrogens with zero attached hydrogens (tertiary/aromatic N) is 2. The van der Waals surface area contributed by atoms with E-state index in [9.17, 15) is 24.5 Å². The minimum Gasteiger partial charge on any atom is -0.496 e. The first kappa shape index (κ1) is 25.1. The molecule has 3 N–H and O–H groups in total. The molecule has 2 aromatic carbocycles. The van der Waals surface area contributed by atoms with E-state index in [1.807, 2.05) is 0 Å². The predicted molar refractivity (Wildman–Crippen MR) is 131 cm³/mol. The van der Waals surface area contributed by atoms with Gasteiger partial charge in [0.2, 0.25) is 0 Å². The van der Waals surface area contributed by atoms with Gasteiger partial charge in [0.15, 0.2) is 5.76 Å². The normalized spacial score (nSPS) is 13.4. The Hall–Kier alpha value is -5.00. The topological polar surface area (TPSA) is 165 Å². The number of carbonyl (C=O) groups excluding carboxylic acids is 3. The molecule has 3 amide bonds. The third-order valence-electron chi connectivity index (χ3n) is 5.81. The molecule has 190 valence electrons. The number of hydrogen-bond acceptors (Lipinski definition) is 8. The highest BCUT2D eigenvalue weighted by Gasteiger charge is 2.29. The molecule has 1 aromatic heterocycles. The van der Waals surface area contributed by atoms with Crippen molar-refractivity contribution in [1.29, 1.82) is 0 Å². The number of para-hydroxylation sites is 2. The number of amides is 3. The molecule has 1 aliphatic rings. The van der Waals surface area contributed by atoms with Crippen molar-refractivity contribution in [3.63, 3.8) is 0 Å². The third kappa shape index (κ3) is 5.17. The van der Waals surface area contributed by atoms with Crippen LogP contribution in [0.15, 0.2) is 58.0 Å². The first-order valence-electron chi connectivity index (χ1n) is 11.3. The molecule has 0 radical (unpaired) electrons. The van der Waals surface area contributed by atoms with E-state index in [4.69, 9.17) is 9.15 Å². The first-order chi connectivity index (χ1) is 17.8. The first-order valence-corrected chi connectivity index (χ1v) is 11.3. The largest absolute Gasteiger partial charge is 0.496 e. The fourth-order valence-electron chi connectivity index (χ4n) is 4.07. The van der Waals surface area contributed by atoms with Gasteiger partial charge < -0.3 is 9.15 Å². The van der Waals surface area contributed by atoms with Crippen molar-refractivity contribution >= 4 is 29.1 Å². The zero-order valence-corrected chi connectivity index (χ0v) is 20.0. The summed E-state index contributed by atoms with van der Waals surface area (Å²) in [5, 5.41) is 15.4. The molecule has 0 atom stereocenters. The van der Waals surface area contributed by atoms with Gasteiger partial charge in [-0.1, -0.05) is 24.3 Å². The fourth-order valence-corrected chi connectivity index (χ4v) is 4.07. The van der Waals surface area contributed by atoms with Crippen LogP contribution in [0.2, 0.25) is 0 Å². The summed E-state index contributed by atoms with van der Waals surface area (Å²) in [6.45, 7) is 1.67. The third-order valence-corrected chi connectivity index (χ3v) is 5.81. The standard InChI is InChI=1S/C25H23N5O7/c1-14-21-17(26-27-24(32)16-9-4-6-12-19(16)36-2)10-7-13-20(21)37-22(14)25(33)29-28-23(31)15-8-3-5-11-18(15)30(34)35/h3-6,8-9,11-12H,7,10,13H2,1-2H3,(H,27,32)(H,28,31)(H,29,33)/b26-17+. The Kier molecular flexibility index (Phi) is 7.28. The Morgan fingerprint density at radius 3 is 2.38 bits per heavy atom. The SMILES string of the molecule is COc1ccccc1C(=O)N/N=C1\CCCc2oc(C(=O)NNC(=O)c3ccccc3[N+](=O)[O-])c(C)c21. The zero-order valence-electron chi connectivity index (χ0n) is 20.0. The molecule has 0 aliphatic heterocycles. The smallest absolute Gasteiger partial charge is 0.305 e. The Morgan fingerprint density at radius 1 is 0.973 bits per heavy atom. The molecule has 1 heterocycles. The molecule has 0 spiro atoms. The molecule has 0 saturated heterocycles. The quantitative estimate of drug-likeness (QED) is 0.342. The Bertz CT molecular complexity index is 1430. The molecule has 37 heavy (non-hydrogen) atoms. The average Bonchev–Trinajstić information content (AvgIpc) is 3.27. The summed E-state index contributed by atoms with van der Waals surface area (Å²) in [6.07, 6.45) is 1.80. The highest BCUT2D eigenvalue weighted by Crippen LogP contribution is 2.30. The lowest BCUT2D eigenvalue weighted by atomic mass is 9.93. The molecule has 3 aromatic rings. The van der Waals surface area contributed by atoms with Gasteiger partial charge in [-0.05, 0) is 38.0 Å². The van der Waals surface area contributed by atoms with Crippen LogP contribution in [-0.2, 0) is 6.42 Å². The number of nitro benzene ring substituents is 1. The highest BCUT2D eigenvalue weighted by molar-refractivity contribution is 6.08. The summed E-state index contributed by atoms with van der Waals surface area (Å²) in [5.41, 5.74) is 8.32. The maximum absolute atomic E-state index is 12.8. The number of ether oxygens (including phenoxy) is 1. The van der Waals surface area contributed by atoms with E-state index in [1.165, 1.54) is 31.4 Å². The van der Waals surface area contributed by atoms with Crippen molar-refractivity contribution in [3.8, 4) is 5.75 Å². The molecular formula is C25H23N5O7. The maximum atomic E-state index is 12.8. The van der Waals surface area contributed by atoms with Crippen LogP contribution in [0.4, 0.5) is 5.69 Å². The second-order valence-electron chi connectivity index (χ2n) is 8.09. The van der Waals surface area contributed by atoms with Crippen LogP contribution < -0.4 is 21.0 Å². The van der Waals surface area contributed by atoms with Gasteiger partial charge in [0.25, 0.3) is 17.5 Å². The monoisotopic (exact) mass is 505 g/mol. The van der Waals surface area contributed by atoms with Gasteiger partial charge in [-0.25, -0.2) is 5.43 Å². The van der Waals surface area contributed by atoms with Gasteiger partial charge in [-0.3, -0.25) is 35.3 Å². The van der Waals surface area contributed by atoms with Crippen molar-refractivity contribution in [2.45, 2.75) is 26.2 Å². The molecule has 4 rings (SSSR count). The number of carbonyl (C=O) groups is 3. The van der Waals surface area contributed by atoms with E-state index in [-0.39, 0.29) is 11.3 Å². The van der Waals surface area contributed by atoms with Crippen molar-refractivity contribution < 1.29 is 28.5 Å². The van der Waals surface area contributed by atoms with E-state index in [0.29, 0.717) is 53.2 Å². The molecule has 1 aliphatic carbocycles. The predicted octanol–water partition coefficient (Wildman–Crippen LogP) is 3.05. The summed E-state index contributed by atoms with van der Waals surface area (Å²) in [5.74, 6) is -1.14. The fraction of sp³-hybridized carbons (Fsp3) is 0.200. The lowest BCUT2D eigenvalue weighted by Crippen LogP contribution is -2.42. The lowest BCUT2D eigenvalue weighted by Gasteiger charge is -2.14. The van der Waals surface area contributed by atoms with E-state index in [0.717, 1.165) is 0 Å². The Balaban J connectivity index is 1.50. The number of hydrazone groups is 1. The van der Waals surface area contributed by atoms with Crippen LogP contribution in [0.3, 0.4) is 0 Å². The summed E-state index contributed by atoms with van der Waals surface area (Å²) in [6, 6.07) is 12.1. The minimum absolute atomic E-state index is 0.0430. The number of hydrazine groups is 1. The van der Waals surface area contributed by atoms with Gasteiger partial charge in [-0.15, -0.1) is 0 Å². The summed E-state index contributed by atoms with van der Waals surface area (Å²) >= 11 is 0. The van der Waals surface area contributed by atoms with E-state index < -0.39 is 28.3 Å². The van der Waals surface area contributed by atoms with Crippen molar-refractivity contribution in [1.82, 2.24) is 16.3 Å². The second kappa shape index (κ2) is 10.7. The molecular weight excluding hydrogens is 482 g/mol. The molecule has 0 unspecified atom stereocenters. The van der Waals surface area contributed by atoms with Crippen LogP contribution in [0, 0.1) is 17.0 Å². The number of fused-ring (bicyclic) bond motifs is 1. The highest BCUT2D eigenvalue weighted by atomic mass is 16.6. The Labute approximate surface area is 210 Å². The molecule has 0 fully saturated rings. The number of methoxy groups -OCH3 is 1. The van der Waals surface area contributed by atoms with E-state index in [2.05, 4.69) is 21.4 Å². The van der Waals surface area contributed by atoms with Crippen LogP contribution in [0.5, 0.6) is 5.75 Å². The van der Waals surface area contributed by atoms with Gasteiger partial charge in [0.05, 0.1) is 23.3 Å². The maximum Gasteiger partial charge on any atom is 0.305 e. The lowest BCUT2D eigenvalue weighted by molar-refractivity contribution is -0.385. The number of benzene rings is 2. The number of hydrogen-bond donors (Lipinski definition) is 3. The van der Waals surface area contributed by atoms with Crippen molar-refractivity contribution in [2.24, 2.45) is 5.10 Å². The van der Waals surface area contributed by atoms with Crippen LogP contribution in [0.25, 0.3) is 0 Å². The van der Waals surface area contributed by atoms with Gasteiger partial charge >= 0.3 is 5.91 Å². The van der Waals surface area contributed by atoms with Gasteiger partial charge in [0.1, 0.15) is 17.1 Å². The summed E-state index contributed by atoms with van der Waals surface area (Å²) in [7, 11) is 1.47. The van der Waals surface area contributed by atoms with Gasteiger partial charge in [0, 0.05) is 23.6 Å². The van der Waals surface area contributed by atoms with E-state index >= 15 is 0 Å². The molecule has 0 saturated carbocycles. The van der Waals surface area contributed by atoms with Crippen LogP contribution in [-0.4, -0.2) is 35.5 Å². The van der Waals surface area contributed by atoms with Gasteiger partial charge in [-0.2, -0.15) is 5.10 Å². The van der Waals surface area contributed by atoms with Crippen molar-refractivity contribution in [3.05, 3.63) is 92.4 Å². The minimum atomic E-state index is -0.851. The Morgan fingerprint density at radius 2 is 1.65 bits per heavy atom. The molecule has 12 heteroatoms. The zero-order chi connectivity index (χ0) is 26.5. The average molecular weight is 505 g/mol. The van der Waals surface area contributed by atoms with Crippen LogP contribution in [0.1, 0.15) is 61.0 Å². The van der Waals surface area contributed by atoms with E-state index in [1.54, 1.807) is 31.2 Å². The number of nitro groups is 1. The number of aryl methyl sites for hydroxylation is 1. The number of nitrogens with one attached hydrogen (secondary N) is 3.